The number of anilines is 1. The summed E-state index contributed by atoms with van der Waals surface area (Å²) in [6.45, 7) is 0. The molecule has 1 aliphatic rings. The van der Waals surface area contributed by atoms with Crippen molar-refractivity contribution in [3.63, 3.8) is 0 Å². The normalized spacial score (nSPS) is 15.8. The van der Waals surface area contributed by atoms with Crippen molar-refractivity contribution >= 4 is 11.7 Å². The Morgan fingerprint density at radius 1 is 1.00 bits per heavy atom. The van der Waals surface area contributed by atoms with Gasteiger partial charge in [0, 0.05) is 25.3 Å². The number of hydrogen-bond donors (Lipinski definition) is 0. The van der Waals surface area contributed by atoms with Gasteiger partial charge in [0.2, 0.25) is 0 Å². The molecule has 1 heterocycles. The van der Waals surface area contributed by atoms with Gasteiger partial charge in [0.05, 0.1) is 14.2 Å². The van der Waals surface area contributed by atoms with Crippen LogP contribution in [0.15, 0.2) is 36.4 Å². The van der Waals surface area contributed by atoms with E-state index in [9.17, 15) is 4.79 Å². The molecule has 5 heteroatoms. The van der Waals surface area contributed by atoms with Crippen molar-refractivity contribution in [2.45, 2.75) is 6.10 Å². The highest BCUT2D eigenvalue weighted by Crippen LogP contribution is 2.44. The molecular formula is C18H19NO4. The maximum atomic E-state index is 12.3. The zero-order valence-corrected chi connectivity index (χ0v) is 13.6. The lowest BCUT2D eigenvalue weighted by Gasteiger charge is -2.15. The van der Waals surface area contributed by atoms with E-state index in [1.165, 1.54) is 7.11 Å². The third-order valence-corrected chi connectivity index (χ3v) is 4.00. The second-order valence-corrected chi connectivity index (χ2v) is 5.54. The molecule has 0 N–H and O–H groups in total. The fraction of sp³-hybridized carbons (Fsp3) is 0.278. The summed E-state index contributed by atoms with van der Waals surface area (Å²) in [7, 11) is 7.03. The zero-order valence-electron chi connectivity index (χ0n) is 13.6. The van der Waals surface area contributed by atoms with Crippen LogP contribution >= 0.6 is 0 Å². The van der Waals surface area contributed by atoms with Gasteiger partial charge >= 0.3 is 5.97 Å². The van der Waals surface area contributed by atoms with Gasteiger partial charge in [0.15, 0.2) is 17.6 Å². The molecule has 0 aromatic heterocycles. The van der Waals surface area contributed by atoms with E-state index >= 15 is 0 Å². The molecular weight excluding hydrogens is 294 g/mol. The van der Waals surface area contributed by atoms with Crippen molar-refractivity contribution in [1.29, 1.82) is 0 Å². The van der Waals surface area contributed by atoms with Crippen LogP contribution in [0.3, 0.4) is 0 Å². The molecule has 0 unspecified atom stereocenters. The van der Waals surface area contributed by atoms with Crippen LogP contribution in [0.25, 0.3) is 0 Å². The molecule has 3 rings (SSSR count). The molecule has 23 heavy (non-hydrogen) atoms. The van der Waals surface area contributed by atoms with Crippen LogP contribution in [0.4, 0.5) is 5.69 Å². The van der Waals surface area contributed by atoms with Gasteiger partial charge in [-0.3, -0.25) is 0 Å². The number of hydrogen-bond acceptors (Lipinski definition) is 5. The molecule has 2 aromatic rings. The first-order valence-corrected chi connectivity index (χ1v) is 7.30. The number of nitrogens with zero attached hydrogens (tertiary/aromatic N) is 1. The minimum Gasteiger partial charge on any atom is -0.493 e. The topological polar surface area (TPSA) is 48.0 Å². The van der Waals surface area contributed by atoms with Gasteiger partial charge in [0.1, 0.15) is 5.56 Å². The standard InChI is InChI=1S/C18H19NO4/c1-19(2)12-7-5-11(6-8-12)16-13-9-10-14(21-3)17(22-4)15(13)18(20)23-16/h5-10,16H,1-4H3/t16-/m0/s1. The molecule has 1 atom stereocenters. The molecule has 1 aliphatic heterocycles. The molecule has 0 bridgehead atoms. The van der Waals surface area contributed by atoms with E-state index in [0.717, 1.165) is 16.8 Å². The van der Waals surface area contributed by atoms with Gasteiger partial charge in [-0.05, 0) is 23.8 Å². The molecule has 5 nitrogen and oxygen atoms in total. The van der Waals surface area contributed by atoms with E-state index in [1.807, 2.05) is 49.3 Å². The van der Waals surface area contributed by atoms with Crippen molar-refractivity contribution in [1.82, 2.24) is 0 Å². The van der Waals surface area contributed by atoms with Gasteiger partial charge in [-0.25, -0.2) is 4.79 Å². The predicted molar refractivity (Wildman–Crippen MR) is 87.6 cm³/mol. The highest BCUT2D eigenvalue weighted by molar-refractivity contribution is 5.98. The third kappa shape index (κ3) is 2.48. The Labute approximate surface area is 135 Å². The van der Waals surface area contributed by atoms with Crippen LogP contribution in [-0.4, -0.2) is 34.3 Å². The Bertz CT molecular complexity index is 737. The lowest BCUT2D eigenvalue weighted by atomic mass is 9.98. The van der Waals surface area contributed by atoms with Crippen LogP contribution in [0.5, 0.6) is 11.5 Å². The number of carbonyl (C=O) groups excluding carboxylic acids is 1. The van der Waals surface area contributed by atoms with Crippen molar-refractivity contribution in [2.24, 2.45) is 0 Å². The number of esters is 1. The average molecular weight is 313 g/mol. The minimum absolute atomic E-state index is 0.391. The fourth-order valence-electron chi connectivity index (χ4n) is 2.80. The summed E-state index contributed by atoms with van der Waals surface area (Å²) in [6.07, 6.45) is -0.423. The highest BCUT2D eigenvalue weighted by atomic mass is 16.6. The molecule has 0 saturated heterocycles. The number of methoxy groups -OCH3 is 2. The molecule has 120 valence electrons. The van der Waals surface area contributed by atoms with E-state index in [4.69, 9.17) is 14.2 Å². The quantitative estimate of drug-likeness (QED) is 0.812. The summed E-state index contributed by atoms with van der Waals surface area (Å²) < 4.78 is 16.2. The van der Waals surface area contributed by atoms with Crippen LogP contribution in [0, 0.1) is 0 Å². The summed E-state index contributed by atoms with van der Waals surface area (Å²) in [5, 5.41) is 0. The maximum Gasteiger partial charge on any atom is 0.343 e. The Hall–Kier alpha value is -2.69. The van der Waals surface area contributed by atoms with E-state index < -0.39 is 12.1 Å². The lowest BCUT2D eigenvalue weighted by molar-refractivity contribution is 0.0453. The van der Waals surface area contributed by atoms with Crippen molar-refractivity contribution < 1.29 is 19.0 Å². The fourth-order valence-corrected chi connectivity index (χ4v) is 2.80. The molecule has 0 fully saturated rings. The molecule has 0 saturated carbocycles. The highest BCUT2D eigenvalue weighted by Gasteiger charge is 2.36. The van der Waals surface area contributed by atoms with Crippen LogP contribution in [-0.2, 0) is 4.74 Å². The molecule has 0 aliphatic carbocycles. The Balaban J connectivity index is 2.05. The van der Waals surface area contributed by atoms with Crippen molar-refractivity contribution in [2.75, 3.05) is 33.2 Å². The number of carbonyl (C=O) groups is 1. The zero-order chi connectivity index (χ0) is 16.6. The number of ether oxygens (including phenoxy) is 3. The van der Waals surface area contributed by atoms with E-state index in [0.29, 0.717) is 17.1 Å². The molecule has 0 spiro atoms. The summed E-state index contributed by atoms with van der Waals surface area (Å²) in [5.74, 6) is 0.548. The third-order valence-electron chi connectivity index (χ3n) is 4.00. The van der Waals surface area contributed by atoms with Gasteiger partial charge in [-0.2, -0.15) is 0 Å². The van der Waals surface area contributed by atoms with E-state index in [2.05, 4.69) is 0 Å². The second kappa shape index (κ2) is 5.83. The SMILES string of the molecule is COc1ccc2c(c1OC)C(=O)O[C@H]2c1ccc(N(C)C)cc1. The van der Waals surface area contributed by atoms with Gasteiger partial charge in [0.25, 0.3) is 0 Å². The van der Waals surface area contributed by atoms with Gasteiger partial charge in [-0.1, -0.05) is 18.2 Å². The Kier molecular flexibility index (Phi) is 3.86. The largest absolute Gasteiger partial charge is 0.493 e. The summed E-state index contributed by atoms with van der Waals surface area (Å²) in [4.78, 5) is 14.3. The first-order valence-electron chi connectivity index (χ1n) is 7.30. The molecule has 2 aromatic carbocycles. The van der Waals surface area contributed by atoms with Gasteiger partial charge < -0.3 is 19.1 Å². The van der Waals surface area contributed by atoms with E-state index in [1.54, 1.807) is 13.2 Å². The minimum atomic E-state index is -0.423. The first kappa shape index (κ1) is 15.2. The van der Waals surface area contributed by atoms with Crippen LogP contribution in [0.2, 0.25) is 0 Å². The monoisotopic (exact) mass is 313 g/mol. The Morgan fingerprint density at radius 2 is 1.70 bits per heavy atom. The number of fused-ring (bicyclic) bond motifs is 1. The van der Waals surface area contributed by atoms with Gasteiger partial charge in [-0.15, -0.1) is 0 Å². The van der Waals surface area contributed by atoms with Crippen LogP contribution in [0.1, 0.15) is 27.6 Å². The number of rotatable bonds is 4. The summed E-state index contributed by atoms with van der Waals surface area (Å²) in [5.41, 5.74) is 3.25. The van der Waals surface area contributed by atoms with E-state index in [-0.39, 0.29) is 0 Å². The first-order chi connectivity index (χ1) is 11.1. The molecule has 0 radical (unpaired) electrons. The lowest BCUT2D eigenvalue weighted by Crippen LogP contribution is -2.08. The average Bonchev–Trinajstić information content (AvgIpc) is 2.91. The number of cyclic esters (lactones) is 1. The smallest absolute Gasteiger partial charge is 0.343 e. The van der Waals surface area contributed by atoms with Crippen molar-refractivity contribution in [3.05, 3.63) is 53.1 Å². The summed E-state index contributed by atoms with van der Waals surface area (Å²) >= 11 is 0. The Morgan fingerprint density at radius 3 is 2.26 bits per heavy atom. The number of benzene rings is 2. The maximum absolute atomic E-state index is 12.3. The van der Waals surface area contributed by atoms with Crippen LogP contribution < -0.4 is 14.4 Å². The predicted octanol–water partition coefficient (Wildman–Crippen LogP) is 3.03. The van der Waals surface area contributed by atoms with Crippen molar-refractivity contribution in [3.8, 4) is 11.5 Å². The summed E-state index contributed by atoms with van der Waals surface area (Å²) in [6, 6.07) is 11.6. The molecule has 0 amide bonds. The second-order valence-electron chi connectivity index (χ2n) is 5.54.